The highest BCUT2D eigenvalue weighted by atomic mass is 16.4. The average Bonchev–Trinajstić information content (AvgIpc) is 2.55. The van der Waals surface area contributed by atoms with Gasteiger partial charge >= 0.3 is 0 Å². The van der Waals surface area contributed by atoms with Crippen LogP contribution in [0, 0.1) is 11.8 Å². The fourth-order valence-corrected chi connectivity index (χ4v) is 3.12. The molecule has 4 heteroatoms. The zero-order valence-corrected chi connectivity index (χ0v) is 15.9. The number of carbonyl (C=O) groups is 2. The van der Waals surface area contributed by atoms with Gasteiger partial charge in [0.25, 0.3) is 0 Å². The van der Waals surface area contributed by atoms with Crippen molar-refractivity contribution in [2.24, 2.45) is 11.8 Å². The van der Waals surface area contributed by atoms with Gasteiger partial charge in [0.1, 0.15) is 0 Å². The van der Waals surface area contributed by atoms with Crippen molar-refractivity contribution in [1.29, 1.82) is 0 Å². The molecule has 2 unspecified atom stereocenters. The molecular weight excluding hydrogens is 304 g/mol. The summed E-state index contributed by atoms with van der Waals surface area (Å²) in [4.78, 5) is 23.2. The summed E-state index contributed by atoms with van der Waals surface area (Å²) in [5, 5.41) is 23.2. The topological polar surface area (TPSA) is 80.3 Å². The summed E-state index contributed by atoms with van der Waals surface area (Å²) in [5.74, 6) is -2.34. The predicted octanol–water partition coefficient (Wildman–Crippen LogP) is 3.00. The Kier molecular flexibility index (Phi) is 12.3. The van der Waals surface area contributed by atoms with Gasteiger partial charge in [0, 0.05) is 0 Å². The second kappa shape index (κ2) is 13.0. The van der Waals surface area contributed by atoms with E-state index in [2.05, 4.69) is 13.8 Å². The van der Waals surface area contributed by atoms with Gasteiger partial charge in [-0.3, -0.25) is 0 Å². The Bertz CT molecular complexity index is 374. The van der Waals surface area contributed by atoms with Crippen LogP contribution in [0.1, 0.15) is 91.9 Å². The van der Waals surface area contributed by atoms with Crippen LogP contribution in [0.3, 0.4) is 0 Å². The van der Waals surface area contributed by atoms with E-state index in [1.54, 1.807) is 0 Å². The molecule has 140 valence electrons. The average molecular weight is 338 g/mol. The Morgan fingerprint density at radius 3 is 1.25 bits per heavy atom. The van der Waals surface area contributed by atoms with Gasteiger partial charge in [0.2, 0.25) is 0 Å². The lowest BCUT2D eigenvalue weighted by Gasteiger charge is -2.24. The normalized spacial score (nSPS) is 14.8. The number of hydrogen-bond acceptors (Lipinski definition) is 4. The first-order valence-electron chi connectivity index (χ1n) is 9.55. The SMILES string of the molecule is CCCCC(CC)C/C(C(=O)[O-])=C(\CC(CC)CCCC)C(=O)[O-]. The van der Waals surface area contributed by atoms with E-state index < -0.39 is 11.9 Å². The Balaban J connectivity index is 5.39. The molecule has 0 aliphatic carbocycles. The van der Waals surface area contributed by atoms with E-state index in [1.165, 1.54) is 0 Å². The van der Waals surface area contributed by atoms with Gasteiger partial charge in [-0.05, 0) is 35.8 Å². The maximum atomic E-state index is 11.6. The zero-order valence-electron chi connectivity index (χ0n) is 15.9. The Morgan fingerprint density at radius 2 is 1.04 bits per heavy atom. The van der Waals surface area contributed by atoms with Gasteiger partial charge in [-0.15, -0.1) is 0 Å². The highest BCUT2D eigenvalue weighted by Crippen LogP contribution is 2.28. The van der Waals surface area contributed by atoms with Crippen molar-refractivity contribution in [3.05, 3.63) is 11.1 Å². The Hall–Kier alpha value is -1.32. The number of unbranched alkanes of at least 4 members (excludes halogenated alkanes) is 2. The molecule has 0 fully saturated rings. The van der Waals surface area contributed by atoms with Crippen molar-refractivity contribution in [3.8, 4) is 0 Å². The van der Waals surface area contributed by atoms with E-state index >= 15 is 0 Å². The van der Waals surface area contributed by atoms with Crippen molar-refractivity contribution in [2.75, 3.05) is 0 Å². The largest absolute Gasteiger partial charge is 0.545 e. The fraction of sp³-hybridized carbons (Fsp3) is 0.800. The second-order valence-electron chi connectivity index (χ2n) is 6.77. The molecule has 0 aromatic carbocycles. The lowest BCUT2D eigenvalue weighted by Crippen LogP contribution is -2.33. The summed E-state index contributed by atoms with van der Waals surface area (Å²) in [6, 6.07) is 0. The first kappa shape index (κ1) is 22.7. The summed E-state index contributed by atoms with van der Waals surface area (Å²) in [6.45, 7) is 8.22. The van der Waals surface area contributed by atoms with Gasteiger partial charge in [0.05, 0.1) is 11.9 Å². The molecule has 0 rings (SSSR count). The molecule has 0 aromatic rings. The van der Waals surface area contributed by atoms with Gasteiger partial charge in [-0.1, -0.05) is 79.1 Å². The third-order valence-corrected chi connectivity index (χ3v) is 4.93. The minimum absolute atomic E-state index is 0.0482. The lowest BCUT2D eigenvalue weighted by molar-refractivity contribution is -0.304. The van der Waals surface area contributed by atoms with E-state index in [0.29, 0.717) is 0 Å². The zero-order chi connectivity index (χ0) is 18.5. The minimum atomic E-state index is -1.35. The molecule has 2 atom stereocenters. The molecule has 0 saturated carbocycles. The standard InChI is InChI=1S/C20H36O4/c1-5-9-11-15(7-3)13-17(19(21)22)18(20(23)24)14-16(8-4)12-10-6-2/h15-16H,5-14H2,1-4H3,(H,21,22)(H,23,24)/p-2/b18-17-. The van der Waals surface area contributed by atoms with Crippen LogP contribution in [0.2, 0.25) is 0 Å². The van der Waals surface area contributed by atoms with E-state index in [1.807, 2.05) is 13.8 Å². The van der Waals surface area contributed by atoms with E-state index in [0.717, 1.165) is 51.4 Å². The smallest absolute Gasteiger partial charge is 0.0678 e. The molecule has 0 saturated heterocycles. The molecule has 0 aliphatic heterocycles. The number of aliphatic carboxylic acids is 2. The highest BCUT2D eigenvalue weighted by molar-refractivity contribution is 5.97. The van der Waals surface area contributed by atoms with Gasteiger partial charge < -0.3 is 19.8 Å². The van der Waals surface area contributed by atoms with Crippen LogP contribution < -0.4 is 10.2 Å². The van der Waals surface area contributed by atoms with Crippen molar-refractivity contribution in [1.82, 2.24) is 0 Å². The first-order valence-corrected chi connectivity index (χ1v) is 9.55. The lowest BCUT2D eigenvalue weighted by atomic mass is 9.85. The van der Waals surface area contributed by atoms with Crippen molar-refractivity contribution < 1.29 is 19.8 Å². The quantitative estimate of drug-likeness (QED) is 0.456. The molecule has 0 spiro atoms. The van der Waals surface area contributed by atoms with Gasteiger partial charge in [-0.25, -0.2) is 0 Å². The van der Waals surface area contributed by atoms with Crippen LogP contribution in [0.5, 0.6) is 0 Å². The van der Waals surface area contributed by atoms with Crippen molar-refractivity contribution >= 4 is 11.9 Å². The summed E-state index contributed by atoms with van der Waals surface area (Å²) in [6.07, 6.45) is 8.18. The Labute approximate surface area is 147 Å². The number of carboxylic acids is 2. The fourth-order valence-electron chi connectivity index (χ4n) is 3.12. The van der Waals surface area contributed by atoms with Crippen molar-refractivity contribution in [3.63, 3.8) is 0 Å². The molecule has 24 heavy (non-hydrogen) atoms. The number of carbonyl (C=O) groups excluding carboxylic acids is 2. The van der Waals surface area contributed by atoms with E-state index in [4.69, 9.17) is 0 Å². The number of rotatable bonds is 14. The summed E-state index contributed by atoms with van der Waals surface area (Å²) >= 11 is 0. The number of hydrogen-bond donors (Lipinski definition) is 0. The third kappa shape index (κ3) is 8.51. The summed E-state index contributed by atoms with van der Waals surface area (Å²) < 4.78 is 0. The molecule has 0 N–H and O–H groups in total. The third-order valence-electron chi connectivity index (χ3n) is 4.93. The summed E-state index contributed by atoms with van der Waals surface area (Å²) in [5.41, 5.74) is -0.0965. The molecular formula is C20H34O4-2. The van der Waals surface area contributed by atoms with Crippen LogP contribution in [-0.4, -0.2) is 11.9 Å². The highest BCUT2D eigenvalue weighted by Gasteiger charge is 2.18. The summed E-state index contributed by atoms with van der Waals surface area (Å²) in [7, 11) is 0. The number of carboxylic acid groups (broad SMARTS) is 2. The molecule has 0 bridgehead atoms. The van der Waals surface area contributed by atoms with Crippen LogP contribution in [-0.2, 0) is 9.59 Å². The Morgan fingerprint density at radius 1 is 0.708 bits per heavy atom. The van der Waals surface area contributed by atoms with Gasteiger partial charge in [0.15, 0.2) is 0 Å². The molecule has 4 nitrogen and oxygen atoms in total. The van der Waals surface area contributed by atoms with Crippen LogP contribution in [0.4, 0.5) is 0 Å². The molecule has 0 amide bonds. The van der Waals surface area contributed by atoms with Crippen LogP contribution in [0.15, 0.2) is 11.1 Å². The predicted molar refractivity (Wildman–Crippen MR) is 92.9 cm³/mol. The molecule has 0 aliphatic rings. The molecule has 0 radical (unpaired) electrons. The van der Waals surface area contributed by atoms with Gasteiger partial charge in [-0.2, -0.15) is 0 Å². The molecule has 0 heterocycles. The van der Waals surface area contributed by atoms with E-state index in [-0.39, 0.29) is 35.8 Å². The van der Waals surface area contributed by atoms with Crippen LogP contribution >= 0.6 is 0 Å². The first-order chi connectivity index (χ1) is 11.4. The minimum Gasteiger partial charge on any atom is -0.545 e. The monoisotopic (exact) mass is 338 g/mol. The maximum Gasteiger partial charge on any atom is 0.0678 e. The van der Waals surface area contributed by atoms with Crippen LogP contribution in [0.25, 0.3) is 0 Å². The van der Waals surface area contributed by atoms with Crippen molar-refractivity contribution in [2.45, 2.75) is 91.9 Å². The van der Waals surface area contributed by atoms with E-state index in [9.17, 15) is 19.8 Å². The second-order valence-corrected chi connectivity index (χ2v) is 6.77. The molecule has 0 aromatic heterocycles. The maximum absolute atomic E-state index is 11.6.